The van der Waals surface area contributed by atoms with Crippen molar-refractivity contribution >= 4 is 0 Å². The summed E-state index contributed by atoms with van der Waals surface area (Å²) >= 11 is 0. The van der Waals surface area contributed by atoms with Crippen LogP contribution in [0.5, 0.6) is 0 Å². The van der Waals surface area contributed by atoms with Crippen LogP contribution in [-0.4, -0.2) is 15.0 Å². The van der Waals surface area contributed by atoms with Crippen molar-refractivity contribution in [2.75, 3.05) is 0 Å². The van der Waals surface area contributed by atoms with Crippen LogP contribution in [0.3, 0.4) is 0 Å². The lowest BCUT2D eigenvalue weighted by Crippen LogP contribution is -2.16. The summed E-state index contributed by atoms with van der Waals surface area (Å²) in [7, 11) is 0. The zero-order valence-electron chi connectivity index (χ0n) is 12.3. The van der Waals surface area contributed by atoms with E-state index in [4.69, 9.17) is 0 Å². The van der Waals surface area contributed by atoms with Gasteiger partial charge in [-0.3, -0.25) is 0 Å². The second-order valence-electron chi connectivity index (χ2n) is 6.05. The van der Waals surface area contributed by atoms with Crippen LogP contribution in [0.25, 0.3) is 0 Å². The molecule has 102 valence electrons. The smallest absolute Gasteiger partial charge is 0.0892 e. The van der Waals surface area contributed by atoms with Gasteiger partial charge in [-0.05, 0) is 39.0 Å². The number of hydrogen-bond donors (Lipinski definition) is 0. The van der Waals surface area contributed by atoms with Gasteiger partial charge in [-0.25, -0.2) is 4.68 Å². The van der Waals surface area contributed by atoms with Crippen molar-refractivity contribution in [2.45, 2.75) is 78.2 Å². The van der Waals surface area contributed by atoms with E-state index in [9.17, 15) is 0 Å². The van der Waals surface area contributed by atoms with Gasteiger partial charge in [-0.2, -0.15) is 0 Å². The number of nitrogens with zero attached hydrogens (tertiary/aromatic N) is 3. The summed E-state index contributed by atoms with van der Waals surface area (Å²) in [5.41, 5.74) is 2.72. The molecule has 0 N–H and O–H groups in total. The highest BCUT2D eigenvalue weighted by atomic mass is 15.4. The third-order valence-corrected chi connectivity index (χ3v) is 4.42. The van der Waals surface area contributed by atoms with E-state index in [1.807, 2.05) is 0 Å². The summed E-state index contributed by atoms with van der Waals surface area (Å²) in [6, 6.07) is 0.429. The van der Waals surface area contributed by atoms with Crippen LogP contribution in [-0.2, 0) is 6.42 Å². The zero-order valence-corrected chi connectivity index (χ0v) is 12.3. The largest absolute Gasteiger partial charge is 0.247 e. The zero-order chi connectivity index (χ0) is 13.1. The molecule has 2 atom stereocenters. The molecule has 1 heterocycles. The molecule has 0 spiro atoms. The van der Waals surface area contributed by atoms with Crippen molar-refractivity contribution in [1.82, 2.24) is 15.0 Å². The van der Waals surface area contributed by atoms with E-state index in [0.717, 1.165) is 12.3 Å². The predicted molar refractivity (Wildman–Crippen MR) is 74.8 cm³/mol. The quantitative estimate of drug-likeness (QED) is 0.807. The van der Waals surface area contributed by atoms with Gasteiger partial charge in [0.15, 0.2) is 0 Å². The Kier molecular flexibility index (Phi) is 4.41. The SMILES string of the molecule is CCC(C)C1CCCCCc2c1nnn2C(C)C. The van der Waals surface area contributed by atoms with E-state index >= 15 is 0 Å². The van der Waals surface area contributed by atoms with Crippen molar-refractivity contribution in [1.29, 1.82) is 0 Å². The van der Waals surface area contributed by atoms with Crippen LogP contribution in [0.15, 0.2) is 0 Å². The van der Waals surface area contributed by atoms with Crippen LogP contribution in [0.1, 0.15) is 83.1 Å². The first-order chi connectivity index (χ1) is 8.65. The number of hydrogen-bond acceptors (Lipinski definition) is 2. The molecular formula is C15H27N3. The van der Waals surface area contributed by atoms with E-state index < -0.39 is 0 Å². The molecule has 0 bridgehead atoms. The van der Waals surface area contributed by atoms with E-state index in [1.165, 1.54) is 43.5 Å². The average Bonchev–Trinajstić information content (AvgIpc) is 2.72. The van der Waals surface area contributed by atoms with Gasteiger partial charge >= 0.3 is 0 Å². The summed E-state index contributed by atoms with van der Waals surface area (Å²) in [6.45, 7) is 9.05. The van der Waals surface area contributed by atoms with Crippen LogP contribution >= 0.6 is 0 Å². The molecule has 0 saturated carbocycles. The first-order valence-electron chi connectivity index (χ1n) is 7.59. The molecule has 0 amide bonds. The Balaban J connectivity index is 2.37. The highest BCUT2D eigenvalue weighted by molar-refractivity contribution is 5.18. The van der Waals surface area contributed by atoms with Gasteiger partial charge < -0.3 is 0 Å². The second-order valence-corrected chi connectivity index (χ2v) is 6.05. The normalized spacial score (nSPS) is 22.4. The fourth-order valence-electron chi connectivity index (χ4n) is 3.08. The summed E-state index contributed by atoms with van der Waals surface area (Å²) in [4.78, 5) is 0. The summed E-state index contributed by atoms with van der Waals surface area (Å²) in [5, 5.41) is 8.96. The average molecular weight is 249 g/mol. The van der Waals surface area contributed by atoms with Gasteiger partial charge in [-0.1, -0.05) is 38.3 Å². The highest BCUT2D eigenvalue weighted by Crippen LogP contribution is 2.35. The van der Waals surface area contributed by atoms with Gasteiger partial charge in [0.25, 0.3) is 0 Å². The number of rotatable bonds is 3. The van der Waals surface area contributed by atoms with Crippen LogP contribution < -0.4 is 0 Å². The standard InChI is InChI=1S/C15H27N3/c1-5-12(4)13-9-7-6-8-10-14-15(13)16-17-18(14)11(2)3/h11-13H,5-10H2,1-4H3. The molecule has 0 aliphatic heterocycles. The van der Waals surface area contributed by atoms with E-state index in [0.29, 0.717) is 12.0 Å². The fraction of sp³-hybridized carbons (Fsp3) is 0.867. The molecule has 0 radical (unpaired) electrons. The second kappa shape index (κ2) is 5.85. The molecule has 1 aromatic heterocycles. The maximum Gasteiger partial charge on any atom is 0.0892 e. The third kappa shape index (κ3) is 2.60. The lowest BCUT2D eigenvalue weighted by atomic mass is 9.82. The van der Waals surface area contributed by atoms with Crippen molar-refractivity contribution in [2.24, 2.45) is 5.92 Å². The Hall–Kier alpha value is -0.860. The van der Waals surface area contributed by atoms with Gasteiger partial charge in [0.2, 0.25) is 0 Å². The van der Waals surface area contributed by atoms with Gasteiger partial charge in [-0.15, -0.1) is 5.10 Å². The Morgan fingerprint density at radius 1 is 1.22 bits per heavy atom. The maximum absolute atomic E-state index is 4.54. The molecule has 2 unspecified atom stereocenters. The Bertz CT molecular complexity index is 381. The van der Waals surface area contributed by atoms with E-state index in [1.54, 1.807) is 0 Å². The van der Waals surface area contributed by atoms with Crippen LogP contribution in [0.2, 0.25) is 0 Å². The molecule has 2 rings (SSSR count). The Morgan fingerprint density at radius 2 is 2.00 bits per heavy atom. The van der Waals surface area contributed by atoms with E-state index in [2.05, 4.69) is 42.7 Å². The number of aromatic nitrogens is 3. The fourth-order valence-corrected chi connectivity index (χ4v) is 3.08. The van der Waals surface area contributed by atoms with Crippen LogP contribution in [0.4, 0.5) is 0 Å². The molecule has 3 heteroatoms. The minimum Gasteiger partial charge on any atom is -0.247 e. The Labute approximate surface area is 111 Å². The Morgan fingerprint density at radius 3 is 2.67 bits per heavy atom. The monoisotopic (exact) mass is 249 g/mol. The highest BCUT2D eigenvalue weighted by Gasteiger charge is 2.27. The molecule has 0 fully saturated rings. The topological polar surface area (TPSA) is 30.7 Å². The molecule has 3 nitrogen and oxygen atoms in total. The first kappa shape index (κ1) is 13.6. The predicted octanol–water partition coefficient (Wildman–Crippen LogP) is 4.11. The lowest BCUT2D eigenvalue weighted by molar-refractivity contribution is 0.387. The minimum absolute atomic E-state index is 0.429. The van der Waals surface area contributed by atoms with Gasteiger partial charge in [0.05, 0.1) is 11.4 Å². The molecule has 18 heavy (non-hydrogen) atoms. The molecular weight excluding hydrogens is 222 g/mol. The lowest BCUT2D eigenvalue weighted by Gasteiger charge is -2.24. The van der Waals surface area contributed by atoms with Crippen molar-refractivity contribution in [3.63, 3.8) is 0 Å². The first-order valence-corrected chi connectivity index (χ1v) is 7.59. The molecule has 0 aromatic carbocycles. The van der Waals surface area contributed by atoms with Crippen molar-refractivity contribution in [3.8, 4) is 0 Å². The minimum atomic E-state index is 0.429. The maximum atomic E-state index is 4.54. The summed E-state index contributed by atoms with van der Waals surface area (Å²) in [5.74, 6) is 1.34. The van der Waals surface area contributed by atoms with Gasteiger partial charge in [0, 0.05) is 12.0 Å². The molecule has 1 aromatic rings. The summed E-state index contributed by atoms with van der Waals surface area (Å²) < 4.78 is 2.15. The number of fused-ring (bicyclic) bond motifs is 1. The van der Waals surface area contributed by atoms with Crippen LogP contribution in [0, 0.1) is 5.92 Å². The van der Waals surface area contributed by atoms with Gasteiger partial charge in [0.1, 0.15) is 0 Å². The van der Waals surface area contributed by atoms with Crippen molar-refractivity contribution in [3.05, 3.63) is 11.4 Å². The molecule has 0 saturated heterocycles. The molecule has 1 aliphatic carbocycles. The van der Waals surface area contributed by atoms with E-state index in [-0.39, 0.29) is 0 Å². The molecule has 1 aliphatic rings. The third-order valence-electron chi connectivity index (χ3n) is 4.42. The summed E-state index contributed by atoms with van der Waals surface area (Å²) in [6.07, 6.45) is 7.68. The van der Waals surface area contributed by atoms with Crippen molar-refractivity contribution < 1.29 is 0 Å².